The summed E-state index contributed by atoms with van der Waals surface area (Å²) in [6.07, 6.45) is -6.11. The molecule has 102 heavy (non-hydrogen) atoms. The van der Waals surface area contributed by atoms with Gasteiger partial charge in [0.05, 0.1) is 31.8 Å². The molecule has 14 amide bonds. The van der Waals surface area contributed by atoms with Crippen molar-refractivity contribution < 1.29 is 107 Å². The number of ether oxygens (including phenoxy) is 3. The van der Waals surface area contributed by atoms with Crippen LogP contribution in [0.15, 0.2) is 36.4 Å². The number of esters is 1. The highest BCUT2D eigenvalue weighted by molar-refractivity contribution is 6.01. The lowest BCUT2D eigenvalue weighted by Gasteiger charge is -2.36. The molecule has 19 unspecified atom stereocenters. The summed E-state index contributed by atoms with van der Waals surface area (Å²) in [5.41, 5.74) is 22.9. The van der Waals surface area contributed by atoms with Crippen molar-refractivity contribution in [3.8, 4) is 5.75 Å². The second-order valence-electron chi connectivity index (χ2n) is 25.9. The number of nitrogens with two attached hydrogens (primary N) is 4. The van der Waals surface area contributed by atoms with Crippen molar-refractivity contribution in [3.05, 3.63) is 42.0 Å². The van der Waals surface area contributed by atoms with Gasteiger partial charge in [-0.3, -0.25) is 67.1 Å². The second kappa shape index (κ2) is 42.1. The minimum absolute atomic E-state index is 0.0274. The Morgan fingerprint density at radius 1 is 0.706 bits per heavy atom. The van der Waals surface area contributed by atoms with Gasteiger partial charge in [0.15, 0.2) is 6.10 Å². The van der Waals surface area contributed by atoms with Crippen LogP contribution in [0.2, 0.25) is 0 Å². The minimum atomic E-state index is -2.45. The normalized spacial score (nSPS) is 23.0. The number of likely N-dealkylation sites (N-methyl/N-ethyl adjacent to an activating group) is 2. The average molecular weight is 1450 g/mol. The van der Waals surface area contributed by atoms with E-state index in [-0.39, 0.29) is 29.6 Å². The van der Waals surface area contributed by atoms with E-state index in [0.29, 0.717) is 0 Å². The molecule has 37 nitrogen and oxygen atoms in total. The molecule has 1 fully saturated rings. The topological polar surface area (TPSA) is 583 Å². The average Bonchev–Trinajstić information content (AvgIpc) is 0.813. The number of cyclic esters (lactones) is 1. The van der Waals surface area contributed by atoms with Crippen LogP contribution in [-0.4, -0.2) is 251 Å². The van der Waals surface area contributed by atoms with Gasteiger partial charge in [0, 0.05) is 46.7 Å². The third kappa shape index (κ3) is 27.2. The van der Waals surface area contributed by atoms with Gasteiger partial charge in [0.25, 0.3) is 0 Å². The first-order chi connectivity index (χ1) is 47.5. The van der Waals surface area contributed by atoms with Crippen LogP contribution < -0.4 is 70.8 Å². The van der Waals surface area contributed by atoms with Crippen LogP contribution in [0.4, 0.5) is 0 Å². The number of aliphatic hydroxyl groups excluding tert-OH is 3. The maximum atomic E-state index is 15.0. The fraction of sp³-hybridized carbons (Fsp3) is 0.646. The fourth-order valence-electron chi connectivity index (χ4n) is 10.6. The summed E-state index contributed by atoms with van der Waals surface area (Å²) in [5, 5.41) is 63.1. The van der Waals surface area contributed by atoms with E-state index in [1.54, 1.807) is 19.9 Å². The molecule has 0 saturated carbocycles. The number of hydrogen-bond acceptors (Lipinski definition) is 23. The first kappa shape index (κ1) is 88.7. The van der Waals surface area contributed by atoms with E-state index in [1.807, 2.05) is 13.8 Å². The highest BCUT2D eigenvalue weighted by atomic mass is 16.5. The molecule has 0 radical (unpaired) electrons. The number of primary amides is 3. The van der Waals surface area contributed by atoms with E-state index >= 15 is 9.59 Å². The van der Waals surface area contributed by atoms with Crippen LogP contribution >= 0.6 is 0 Å². The van der Waals surface area contributed by atoms with Crippen LogP contribution in [-0.2, 0) is 86.1 Å². The van der Waals surface area contributed by atoms with E-state index in [9.17, 15) is 82.8 Å². The molecule has 1 aliphatic rings. The highest BCUT2D eigenvalue weighted by Gasteiger charge is 2.45. The predicted molar refractivity (Wildman–Crippen MR) is 362 cm³/mol. The van der Waals surface area contributed by atoms with Crippen molar-refractivity contribution in [3.63, 3.8) is 0 Å². The highest BCUT2D eigenvalue weighted by Crippen LogP contribution is 2.26. The molecule has 572 valence electrons. The SMILES string of the molecule is CCCC(C)/C=C\C(O)CC(=O)NC(C(=O)NC(C(=O)NC(C(=O)NC(C(=O)NC1C(=O)NC(COC)C(=O)NCC(=O)NC(CC(C)C)C(=O)N(C)C(CCC(N)=O)C(=O)NC(C(OC)c2ccc(O)cc2)C(=O)N(C)C(C)C(=O)OC1C)C(C)C(C)C(N)=O)C(C)N)C(C)O)C(O)C(N)=O. The fourth-order valence-corrected chi connectivity index (χ4v) is 10.6. The third-order valence-corrected chi connectivity index (χ3v) is 17.0. The van der Waals surface area contributed by atoms with Crippen molar-refractivity contribution in [1.82, 2.24) is 57.7 Å². The van der Waals surface area contributed by atoms with Gasteiger partial charge in [-0.25, -0.2) is 4.79 Å². The summed E-state index contributed by atoms with van der Waals surface area (Å²) in [4.78, 5) is 211. The maximum absolute atomic E-state index is 15.0. The number of carbonyl (C=O) groups is 15. The molecule has 0 spiro atoms. The second-order valence-corrected chi connectivity index (χ2v) is 25.9. The van der Waals surface area contributed by atoms with E-state index in [2.05, 4.69) is 47.9 Å². The number of amides is 14. The van der Waals surface area contributed by atoms with E-state index < -0.39 is 230 Å². The summed E-state index contributed by atoms with van der Waals surface area (Å²) in [7, 11) is 4.62. The number of rotatable bonds is 32. The number of aliphatic hydroxyl groups is 3. The summed E-state index contributed by atoms with van der Waals surface area (Å²) in [6, 6.07) is -15.0. The van der Waals surface area contributed by atoms with Crippen LogP contribution in [0.3, 0.4) is 0 Å². The Labute approximate surface area is 591 Å². The smallest absolute Gasteiger partial charge is 0.328 e. The van der Waals surface area contributed by atoms with Crippen LogP contribution in [0.25, 0.3) is 0 Å². The van der Waals surface area contributed by atoms with E-state index in [1.165, 1.54) is 72.2 Å². The van der Waals surface area contributed by atoms with Gasteiger partial charge >= 0.3 is 5.97 Å². The molecule has 21 N–H and O–H groups in total. The Morgan fingerprint density at radius 3 is 1.81 bits per heavy atom. The number of nitrogens with one attached hydrogen (secondary N) is 9. The molecule has 1 aromatic rings. The number of allylic oxidation sites excluding steroid dienone is 1. The minimum Gasteiger partial charge on any atom is -0.508 e. The Morgan fingerprint density at radius 2 is 1.28 bits per heavy atom. The molecule has 0 aromatic heterocycles. The number of aromatic hydroxyl groups is 1. The van der Waals surface area contributed by atoms with Gasteiger partial charge in [0.1, 0.15) is 78.4 Å². The monoisotopic (exact) mass is 1450 g/mol. The van der Waals surface area contributed by atoms with Gasteiger partial charge in [-0.05, 0) is 82.4 Å². The zero-order valence-electron chi connectivity index (χ0n) is 60.0. The summed E-state index contributed by atoms with van der Waals surface area (Å²) >= 11 is 0. The zero-order chi connectivity index (χ0) is 77.9. The van der Waals surface area contributed by atoms with Crippen molar-refractivity contribution in [2.75, 3.05) is 41.5 Å². The lowest BCUT2D eigenvalue weighted by molar-refractivity contribution is -0.161. The molecule has 0 bridgehead atoms. The van der Waals surface area contributed by atoms with E-state index in [4.69, 9.17) is 37.1 Å². The molecule has 19 atom stereocenters. The molecule has 1 heterocycles. The lowest BCUT2D eigenvalue weighted by Crippen LogP contribution is -2.66. The number of carbonyl (C=O) groups excluding carboxylic acids is 15. The molecule has 1 saturated heterocycles. The number of phenolic OH excluding ortho intramolecular Hbond substituents is 1. The molecule has 2 rings (SSSR count). The van der Waals surface area contributed by atoms with Crippen LogP contribution in [0.1, 0.15) is 119 Å². The Kier molecular flexibility index (Phi) is 36.6. The molecular formula is C65H105N15O22. The van der Waals surface area contributed by atoms with Crippen LogP contribution in [0, 0.1) is 23.7 Å². The van der Waals surface area contributed by atoms with Crippen LogP contribution in [0.5, 0.6) is 5.75 Å². The maximum Gasteiger partial charge on any atom is 0.328 e. The van der Waals surface area contributed by atoms with Gasteiger partial charge in [-0.1, -0.05) is 72.2 Å². The Bertz CT molecular complexity index is 3140. The molecule has 1 aliphatic heterocycles. The standard InChI is InChI=1S/C65H105N15O22/c1-15-16-30(4)17-20-39(83)26-44(85)73-50(52(87)55(69)89)62(96)76-48(35(9)81)60(94)75-47(33(7)66)59(93)74-46(31(5)32(6)54(68)88)58(92)77-49-36(10)102-65(99)34(8)79(11)64(98)51(53(101-14)37-18-21-38(82)22-19-37)78-57(91)42(23-24-43(67)84)80(12)63(97)40(25-29(2)3)71-45(86)27-70-56(90)41(28-100-13)72-61(49)95/h17-22,29-36,39-42,46-53,81-83,87H,15-16,23-28,66H2,1-14H3,(H2,67,84)(H2,68,88)(H2,69,89)(H,70,90)(H,71,86)(H,72,95)(H,73,85)(H,74,93)(H,75,94)(H,76,96)(H,77,92)(H,78,91)/b20-17-. The van der Waals surface area contributed by atoms with Crippen molar-refractivity contribution in [2.24, 2.45) is 46.6 Å². The van der Waals surface area contributed by atoms with Gasteiger partial charge in [0.2, 0.25) is 82.7 Å². The largest absolute Gasteiger partial charge is 0.508 e. The lowest BCUT2D eigenvalue weighted by atomic mass is 9.87. The number of methoxy groups -OCH3 is 2. The van der Waals surface area contributed by atoms with Crippen molar-refractivity contribution in [1.29, 1.82) is 0 Å². The first-order valence-electron chi connectivity index (χ1n) is 33.1. The number of phenols is 1. The van der Waals surface area contributed by atoms with Gasteiger partial charge in [-0.15, -0.1) is 0 Å². The zero-order valence-corrected chi connectivity index (χ0v) is 60.0. The molecule has 0 aliphatic carbocycles. The Hall–Kier alpha value is -9.43. The molecule has 37 heteroatoms. The molecular weight excluding hydrogens is 1340 g/mol. The molecule has 1 aromatic carbocycles. The summed E-state index contributed by atoms with van der Waals surface area (Å²) < 4.78 is 16.8. The number of nitrogens with zero attached hydrogens (tertiary/aromatic N) is 2. The van der Waals surface area contributed by atoms with Crippen molar-refractivity contribution in [2.45, 2.75) is 205 Å². The number of hydrogen-bond donors (Lipinski definition) is 17. The van der Waals surface area contributed by atoms with Gasteiger partial charge < -0.3 is 115 Å². The third-order valence-electron chi connectivity index (χ3n) is 17.0. The Balaban J connectivity index is 2.86. The summed E-state index contributed by atoms with van der Waals surface area (Å²) in [5.74, 6) is -21.0. The summed E-state index contributed by atoms with van der Waals surface area (Å²) in [6.45, 7) is 12.7. The predicted octanol–water partition coefficient (Wildman–Crippen LogP) is -6.27. The quantitative estimate of drug-likeness (QED) is 0.0236. The number of benzene rings is 1. The first-order valence-corrected chi connectivity index (χ1v) is 33.1. The van der Waals surface area contributed by atoms with Crippen molar-refractivity contribution >= 4 is 88.7 Å². The van der Waals surface area contributed by atoms with Gasteiger partial charge in [-0.2, -0.15) is 0 Å². The van der Waals surface area contributed by atoms with E-state index in [0.717, 1.165) is 50.6 Å².